The minimum absolute atomic E-state index is 0.0261. The predicted molar refractivity (Wildman–Crippen MR) is 163 cm³/mol. The minimum atomic E-state index is -4.07. The van der Waals surface area contributed by atoms with Gasteiger partial charge in [0.15, 0.2) is 11.5 Å². The molecule has 0 atom stereocenters. The molecule has 1 N–H and O–H groups in total. The molecule has 0 bridgehead atoms. The molecule has 0 radical (unpaired) electrons. The fourth-order valence-corrected chi connectivity index (χ4v) is 5.39. The molecule has 4 rings (SSSR count). The number of amides is 1. The smallest absolute Gasteiger partial charge is 0.264 e. The van der Waals surface area contributed by atoms with Crippen molar-refractivity contribution in [1.29, 1.82) is 0 Å². The van der Waals surface area contributed by atoms with Crippen molar-refractivity contribution in [2.45, 2.75) is 25.3 Å². The first-order chi connectivity index (χ1) is 20.3. The first-order valence-corrected chi connectivity index (χ1v) is 14.7. The Morgan fingerprint density at radius 3 is 2.29 bits per heavy atom. The van der Waals surface area contributed by atoms with Gasteiger partial charge >= 0.3 is 0 Å². The molecule has 0 aliphatic heterocycles. The van der Waals surface area contributed by atoms with Crippen LogP contribution in [0.25, 0.3) is 0 Å². The van der Waals surface area contributed by atoms with Crippen LogP contribution in [0.4, 0.5) is 5.69 Å². The highest BCUT2D eigenvalue weighted by Crippen LogP contribution is 2.29. The van der Waals surface area contributed by atoms with E-state index < -0.39 is 22.5 Å². The maximum Gasteiger partial charge on any atom is 0.264 e. The monoisotopic (exact) mass is 587 g/mol. The molecule has 0 unspecified atom stereocenters. The van der Waals surface area contributed by atoms with Crippen LogP contribution in [0, 0.1) is 6.92 Å². The number of ether oxygens (including phenoxy) is 3. The Kier molecular flexibility index (Phi) is 10.2. The van der Waals surface area contributed by atoms with E-state index in [4.69, 9.17) is 14.2 Å². The molecule has 0 aromatic heterocycles. The molecular weight excluding hydrogens is 554 g/mol. The SMILES string of the molecule is CCOc1cc(/C=N\NC(=O)CN(c2ccc(C)cc2)S(=O)(=O)c2ccc(OC)cc2)ccc1OCc1ccccc1. The van der Waals surface area contributed by atoms with Crippen LogP contribution in [0.5, 0.6) is 17.2 Å². The fraction of sp³-hybridized carbons (Fsp3) is 0.188. The van der Waals surface area contributed by atoms with Crippen LogP contribution >= 0.6 is 0 Å². The molecule has 0 aliphatic carbocycles. The van der Waals surface area contributed by atoms with Gasteiger partial charge < -0.3 is 14.2 Å². The topological polar surface area (TPSA) is 107 Å². The highest BCUT2D eigenvalue weighted by atomic mass is 32.2. The summed E-state index contributed by atoms with van der Waals surface area (Å²) in [5.41, 5.74) is 5.42. The number of nitrogens with one attached hydrogen (secondary N) is 1. The summed E-state index contributed by atoms with van der Waals surface area (Å²) in [6.45, 7) is 4.12. The molecule has 0 fully saturated rings. The second-order valence-electron chi connectivity index (χ2n) is 9.23. The standard InChI is InChI=1S/C32H33N3O6S/c1-4-40-31-20-26(12-19-30(31)41-23-25-8-6-5-7-9-25)21-33-34-32(36)22-35(27-13-10-24(2)11-14-27)42(37,38)29-17-15-28(39-3)16-18-29/h5-21H,4,22-23H2,1-3H3,(H,34,36)/b33-21-. The molecule has 4 aromatic rings. The molecule has 0 heterocycles. The number of benzene rings is 4. The van der Waals surface area contributed by atoms with E-state index in [-0.39, 0.29) is 4.90 Å². The van der Waals surface area contributed by atoms with E-state index in [1.54, 1.807) is 54.6 Å². The summed E-state index contributed by atoms with van der Waals surface area (Å²) in [5, 5.41) is 4.05. The lowest BCUT2D eigenvalue weighted by Gasteiger charge is -2.24. The Labute approximate surface area is 246 Å². The van der Waals surface area contributed by atoms with Crippen LogP contribution in [0.1, 0.15) is 23.6 Å². The van der Waals surface area contributed by atoms with Gasteiger partial charge in [-0.25, -0.2) is 13.8 Å². The normalized spacial score (nSPS) is 11.2. The van der Waals surface area contributed by atoms with Gasteiger partial charge in [0.05, 0.1) is 30.5 Å². The summed E-state index contributed by atoms with van der Waals surface area (Å²) < 4.78 is 45.0. The van der Waals surface area contributed by atoms with Crippen molar-refractivity contribution in [2.75, 3.05) is 24.6 Å². The van der Waals surface area contributed by atoms with Gasteiger partial charge in [-0.05, 0) is 79.6 Å². The van der Waals surface area contributed by atoms with Gasteiger partial charge in [0.25, 0.3) is 15.9 Å². The Morgan fingerprint density at radius 1 is 0.905 bits per heavy atom. The van der Waals surface area contributed by atoms with E-state index in [2.05, 4.69) is 10.5 Å². The van der Waals surface area contributed by atoms with E-state index in [1.165, 1.54) is 25.5 Å². The van der Waals surface area contributed by atoms with Gasteiger partial charge in [0.2, 0.25) is 0 Å². The van der Waals surface area contributed by atoms with Crippen LogP contribution in [0.3, 0.4) is 0 Å². The van der Waals surface area contributed by atoms with Crippen molar-refractivity contribution in [1.82, 2.24) is 5.43 Å². The zero-order valence-corrected chi connectivity index (χ0v) is 24.5. The van der Waals surface area contributed by atoms with Crippen molar-refractivity contribution < 1.29 is 27.4 Å². The third-order valence-electron chi connectivity index (χ3n) is 6.16. The number of carbonyl (C=O) groups excluding carboxylic acids is 1. The molecule has 0 spiro atoms. The van der Waals surface area contributed by atoms with Crippen molar-refractivity contribution >= 4 is 27.8 Å². The highest BCUT2D eigenvalue weighted by molar-refractivity contribution is 7.92. The Bertz CT molecular complexity index is 1610. The van der Waals surface area contributed by atoms with E-state index >= 15 is 0 Å². The molecule has 9 nitrogen and oxygen atoms in total. The van der Waals surface area contributed by atoms with Gasteiger partial charge in [-0.15, -0.1) is 0 Å². The molecule has 0 saturated carbocycles. The second-order valence-corrected chi connectivity index (χ2v) is 11.1. The summed E-state index contributed by atoms with van der Waals surface area (Å²) in [7, 11) is -2.57. The highest BCUT2D eigenvalue weighted by Gasteiger charge is 2.27. The van der Waals surface area contributed by atoms with E-state index in [0.717, 1.165) is 15.4 Å². The first kappa shape index (κ1) is 30.1. The minimum Gasteiger partial charge on any atom is -0.497 e. The maximum atomic E-state index is 13.6. The van der Waals surface area contributed by atoms with E-state index in [1.807, 2.05) is 44.2 Å². The van der Waals surface area contributed by atoms with E-state index in [9.17, 15) is 13.2 Å². The Balaban J connectivity index is 1.47. The molecule has 10 heteroatoms. The average molecular weight is 588 g/mol. The lowest BCUT2D eigenvalue weighted by Crippen LogP contribution is -2.39. The van der Waals surface area contributed by atoms with Gasteiger partial charge in [0, 0.05) is 0 Å². The summed E-state index contributed by atoms with van der Waals surface area (Å²) >= 11 is 0. The molecule has 1 amide bonds. The zero-order valence-electron chi connectivity index (χ0n) is 23.7. The number of nitrogens with zero attached hydrogens (tertiary/aromatic N) is 2. The Morgan fingerprint density at radius 2 is 1.62 bits per heavy atom. The fourth-order valence-electron chi connectivity index (χ4n) is 3.97. The van der Waals surface area contributed by atoms with Crippen molar-refractivity contribution in [3.63, 3.8) is 0 Å². The quantitative estimate of drug-likeness (QED) is 0.168. The van der Waals surface area contributed by atoms with Crippen molar-refractivity contribution in [3.8, 4) is 17.2 Å². The van der Waals surface area contributed by atoms with Crippen LogP contribution in [0.2, 0.25) is 0 Å². The molecular formula is C32H33N3O6S. The van der Waals surface area contributed by atoms with Crippen LogP contribution < -0.4 is 23.9 Å². The molecule has 0 saturated heterocycles. The number of hydrazone groups is 1. The average Bonchev–Trinajstić information content (AvgIpc) is 3.00. The summed E-state index contributed by atoms with van der Waals surface area (Å²) in [5.74, 6) is 1.03. The zero-order chi connectivity index (χ0) is 30.0. The second kappa shape index (κ2) is 14.2. The van der Waals surface area contributed by atoms with Crippen molar-refractivity contribution in [2.24, 2.45) is 5.10 Å². The summed E-state index contributed by atoms with van der Waals surface area (Å²) in [6, 6.07) is 28.0. The lowest BCUT2D eigenvalue weighted by atomic mass is 10.2. The number of aryl methyl sites for hydroxylation is 1. The van der Waals surface area contributed by atoms with Crippen LogP contribution in [-0.2, 0) is 21.4 Å². The van der Waals surface area contributed by atoms with Gasteiger partial charge in [-0.1, -0.05) is 48.0 Å². The molecule has 42 heavy (non-hydrogen) atoms. The Hall–Kier alpha value is -4.83. The first-order valence-electron chi connectivity index (χ1n) is 13.3. The number of hydrogen-bond acceptors (Lipinski definition) is 7. The third-order valence-corrected chi connectivity index (χ3v) is 7.95. The number of sulfonamides is 1. The summed E-state index contributed by atoms with van der Waals surface area (Å²) in [4.78, 5) is 12.9. The van der Waals surface area contributed by atoms with Crippen LogP contribution in [-0.4, -0.2) is 40.8 Å². The number of carbonyl (C=O) groups is 1. The third kappa shape index (κ3) is 7.88. The molecule has 4 aromatic carbocycles. The van der Waals surface area contributed by atoms with Crippen molar-refractivity contribution in [3.05, 3.63) is 114 Å². The predicted octanol–water partition coefficient (Wildman–Crippen LogP) is 5.33. The van der Waals surface area contributed by atoms with Gasteiger partial charge in [-0.3, -0.25) is 9.10 Å². The van der Waals surface area contributed by atoms with Gasteiger partial charge in [-0.2, -0.15) is 5.10 Å². The molecule has 0 aliphatic rings. The van der Waals surface area contributed by atoms with Crippen LogP contribution in [0.15, 0.2) is 107 Å². The van der Waals surface area contributed by atoms with E-state index in [0.29, 0.717) is 41.7 Å². The van der Waals surface area contributed by atoms with Gasteiger partial charge in [0.1, 0.15) is 18.9 Å². The number of methoxy groups -OCH3 is 1. The largest absolute Gasteiger partial charge is 0.497 e. The maximum absolute atomic E-state index is 13.6. The lowest BCUT2D eigenvalue weighted by molar-refractivity contribution is -0.119. The number of rotatable bonds is 13. The number of anilines is 1. The number of hydrogen-bond donors (Lipinski definition) is 1. The molecule has 218 valence electrons. The summed E-state index contributed by atoms with van der Waals surface area (Å²) in [6.07, 6.45) is 1.45.